The van der Waals surface area contributed by atoms with E-state index in [4.69, 9.17) is 0 Å². The second-order valence-electron chi connectivity index (χ2n) is 7.83. The van der Waals surface area contributed by atoms with E-state index >= 15 is 0 Å². The highest BCUT2D eigenvalue weighted by molar-refractivity contribution is 6.04. The maximum Gasteiger partial charge on any atom is 0.275 e. The second kappa shape index (κ2) is 4.83. The van der Waals surface area contributed by atoms with Gasteiger partial charge in [0.1, 0.15) is 0 Å². The number of amides is 1. The summed E-state index contributed by atoms with van der Waals surface area (Å²) in [6, 6.07) is 6.13. The highest BCUT2D eigenvalue weighted by Crippen LogP contribution is 2.52. The van der Waals surface area contributed by atoms with Gasteiger partial charge >= 0.3 is 0 Å². The van der Waals surface area contributed by atoms with Gasteiger partial charge in [0.05, 0.1) is 5.52 Å². The number of carbonyl (C=O) groups is 1. The zero-order valence-corrected chi connectivity index (χ0v) is 13.6. The lowest BCUT2D eigenvalue weighted by molar-refractivity contribution is 0.0577. The van der Waals surface area contributed by atoms with Crippen molar-refractivity contribution in [2.75, 3.05) is 13.1 Å². The largest absolute Gasteiger partial charge is 0.337 e. The van der Waals surface area contributed by atoms with Crippen LogP contribution in [0, 0.1) is 30.6 Å². The van der Waals surface area contributed by atoms with Gasteiger partial charge in [-0.2, -0.15) is 5.10 Å². The standard InChI is InChI=1S/C19H23N3O/c1-11-2-7-17-14(8-11)18(21-20-17)19(23)22-9-15-12-3-4-13(6-5-12)16(15)10-22/h2,7-8,12-13,15-16H,3-6,9-10H2,1H3,(H,20,21)/t12?,13?,15-,16+. The average Bonchev–Trinajstić information content (AvgIpc) is 3.20. The number of nitrogens with one attached hydrogen (secondary N) is 1. The molecule has 0 radical (unpaired) electrons. The number of aryl methyl sites for hydroxylation is 1. The summed E-state index contributed by atoms with van der Waals surface area (Å²) in [5.41, 5.74) is 2.73. The molecule has 3 aliphatic carbocycles. The Morgan fingerprint density at radius 2 is 1.78 bits per heavy atom. The van der Waals surface area contributed by atoms with E-state index < -0.39 is 0 Å². The lowest BCUT2D eigenvalue weighted by Crippen LogP contribution is -2.38. The molecule has 0 spiro atoms. The lowest BCUT2D eigenvalue weighted by Gasteiger charge is -2.44. The van der Waals surface area contributed by atoms with Crippen LogP contribution in [0.25, 0.3) is 10.9 Å². The van der Waals surface area contributed by atoms with Gasteiger partial charge in [-0.1, -0.05) is 11.6 Å². The molecule has 1 aromatic carbocycles. The van der Waals surface area contributed by atoms with Crippen LogP contribution in [0.3, 0.4) is 0 Å². The van der Waals surface area contributed by atoms with Crippen LogP contribution in [0.1, 0.15) is 41.7 Å². The Kier molecular flexibility index (Phi) is 2.85. The zero-order valence-electron chi connectivity index (χ0n) is 13.6. The van der Waals surface area contributed by atoms with Crippen LogP contribution in [0.4, 0.5) is 0 Å². The van der Waals surface area contributed by atoms with Crippen molar-refractivity contribution in [2.24, 2.45) is 23.7 Å². The molecule has 4 nitrogen and oxygen atoms in total. The SMILES string of the molecule is Cc1ccc2[nH]nc(C(=O)N3C[C@@H]4C5CCC(CC5)[C@@H]4C3)c2c1. The fourth-order valence-electron chi connectivity index (χ4n) is 5.46. The fourth-order valence-corrected chi connectivity index (χ4v) is 5.46. The van der Waals surface area contributed by atoms with Crippen LogP contribution in [0.15, 0.2) is 18.2 Å². The summed E-state index contributed by atoms with van der Waals surface area (Å²) in [6.07, 6.45) is 5.55. The molecule has 4 aliphatic rings. The molecule has 2 bridgehead atoms. The van der Waals surface area contributed by atoms with Crippen molar-refractivity contribution < 1.29 is 4.79 Å². The molecular formula is C19H23N3O. The van der Waals surface area contributed by atoms with E-state index in [1.165, 1.54) is 31.2 Å². The highest BCUT2D eigenvalue weighted by atomic mass is 16.2. The van der Waals surface area contributed by atoms with Crippen LogP contribution in [-0.4, -0.2) is 34.1 Å². The third-order valence-corrected chi connectivity index (χ3v) is 6.65. The van der Waals surface area contributed by atoms with Gasteiger partial charge in [0, 0.05) is 18.5 Å². The first-order chi connectivity index (χ1) is 11.2. The van der Waals surface area contributed by atoms with Gasteiger partial charge in [0.2, 0.25) is 0 Å². The van der Waals surface area contributed by atoms with Gasteiger partial charge in [0.25, 0.3) is 5.91 Å². The summed E-state index contributed by atoms with van der Waals surface area (Å²) in [6.45, 7) is 3.96. The number of aromatic nitrogens is 2. The summed E-state index contributed by atoms with van der Waals surface area (Å²) in [5, 5.41) is 8.32. The van der Waals surface area contributed by atoms with Crippen molar-refractivity contribution in [1.82, 2.24) is 15.1 Å². The molecule has 120 valence electrons. The van der Waals surface area contributed by atoms with Gasteiger partial charge in [-0.25, -0.2) is 0 Å². The van der Waals surface area contributed by atoms with E-state index in [0.29, 0.717) is 5.69 Å². The molecule has 1 saturated heterocycles. The second-order valence-corrected chi connectivity index (χ2v) is 7.83. The number of H-pyrrole nitrogens is 1. The molecule has 1 aromatic heterocycles. The first-order valence-corrected chi connectivity index (χ1v) is 8.94. The summed E-state index contributed by atoms with van der Waals surface area (Å²) < 4.78 is 0. The maximum atomic E-state index is 13.1. The Balaban J connectivity index is 1.46. The monoisotopic (exact) mass is 309 g/mol. The minimum atomic E-state index is 0.121. The number of hydrogen-bond donors (Lipinski definition) is 1. The van der Waals surface area contributed by atoms with E-state index in [0.717, 1.165) is 47.7 Å². The van der Waals surface area contributed by atoms with Gasteiger partial charge in [-0.15, -0.1) is 0 Å². The van der Waals surface area contributed by atoms with Crippen LogP contribution < -0.4 is 0 Å². The normalized spacial score (nSPS) is 32.5. The summed E-state index contributed by atoms with van der Waals surface area (Å²) >= 11 is 0. The smallest absolute Gasteiger partial charge is 0.275 e. The third-order valence-electron chi connectivity index (χ3n) is 6.65. The fraction of sp³-hybridized carbons (Fsp3) is 0.579. The lowest BCUT2D eigenvalue weighted by atomic mass is 9.60. The molecule has 23 heavy (non-hydrogen) atoms. The zero-order chi connectivity index (χ0) is 15.6. The van der Waals surface area contributed by atoms with Crippen molar-refractivity contribution >= 4 is 16.8 Å². The number of nitrogens with zero attached hydrogens (tertiary/aromatic N) is 2. The molecule has 4 heteroatoms. The van der Waals surface area contributed by atoms with Crippen molar-refractivity contribution in [1.29, 1.82) is 0 Å². The van der Waals surface area contributed by atoms with E-state index in [-0.39, 0.29) is 5.91 Å². The first-order valence-electron chi connectivity index (χ1n) is 8.94. The molecule has 1 N–H and O–H groups in total. The summed E-state index contributed by atoms with van der Waals surface area (Å²) in [4.78, 5) is 15.1. The molecule has 2 heterocycles. The Hall–Kier alpha value is -1.84. The number of hydrogen-bond acceptors (Lipinski definition) is 2. The molecule has 1 aliphatic heterocycles. The van der Waals surface area contributed by atoms with Crippen molar-refractivity contribution in [3.05, 3.63) is 29.5 Å². The Bertz CT molecular complexity index is 752. The van der Waals surface area contributed by atoms with E-state index in [1.807, 2.05) is 6.07 Å². The van der Waals surface area contributed by atoms with Crippen molar-refractivity contribution in [3.63, 3.8) is 0 Å². The Morgan fingerprint density at radius 1 is 1.13 bits per heavy atom. The maximum absolute atomic E-state index is 13.1. The predicted octanol–water partition coefficient (Wildman–Crippen LogP) is 3.38. The quantitative estimate of drug-likeness (QED) is 0.878. The van der Waals surface area contributed by atoms with Crippen LogP contribution in [0.2, 0.25) is 0 Å². The van der Waals surface area contributed by atoms with Gasteiger partial charge in [-0.3, -0.25) is 9.89 Å². The average molecular weight is 309 g/mol. The number of aromatic amines is 1. The van der Waals surface area contributed by atoms with Gasteiger partial charge in [0.15, 0.2) is 5.69 Å². The Labute approximate surface area is 136 Å². The minimum Gasteiger partial charge on any atom is -0.337 e. The number of benzene rings is 1. The van der Waals surface area contributed by atoms with Crippen LogP contribution in [0.5, 0.6) is 0 Å². The molecule has 2 aromatic rings. The molecule has 4 fully saturated rings. The van der Waals surface area contributed by atoms with E-state index in [2.05, 4.69) is 34.2 Å². The Morgan fingerprint density at radius 3 is 2.43 bits per heavy atom. The molecule has 6 rings (SSSR count). The summed E-state index contributed by atoms with van der Waals surface area (Å²) in [5.74, 6) is 3.34. The van der Waals surface area contributed by atoms with Crippen LogP contribution in [-0.2, 0) is 0 Å². The number of fused-ring (bicyclic) bond motifs is 3. The van der Waals surface area contributed by atoms with Crippen molar-refractivity contribution in [3.8, 4) is 0 Å². The topological polar surface area (TPSA) is 49.0 Å². The van der Waals surface area contributed by atoms with Gasteiger partial charge < -0.3 is 4.90 Å². The molecular weight excluding hydrogens is 286 g/mol. The van der Waals surface area contributed by atoms with Crippen LogP contribution >= 0.6 is 0 Å². The highest BCUT2D eigenvalue weighted by Gasteiger charge is 2.49. The number of carbonyl (C=O) groups excluding carboxylic acids is 1. The summed E-state index contributed by atoms with van der Waals surface area (Å²) in [7, 11) is 0. The van der Waals surface area contributed by atoms with Gasteiger partial charge in [-0.05, 0) is 68.4 Å². The molecule has 0 unspecified atom stereocenters. The first kappa shape index (κ1) is 13.6. The predicted molar refractivity (Wildman–Crippen MR) is 89.2 cm³/mol. The molecule has 1 amide bonds. The number of rotatable bonds is 1. The third kappa shape index (κ3) is 1.97. The minimum absolute atomic E-state index is 0.121. The van der Waals surface area contributed by atoms with E-state index in [1.54, 1.807) is 0 Å². The number of likely N-dealkylation sites (tertiary alicyclic amines) is 1. The molecule has 3 saturated carbocycles. The van der Waals surface area contributed by atoms with E-state index in [9.17, 15) is 4.79 Å². The van der Waals surface area contributed by atoms with Crippen molar-refractivity contribution in [2.45, 2.75) is 32.6 Å². The molecule has 2 atom stereocenters.